The third kappa shape index (κ3) is 6.06. The van der Waals surface area contributed by atoms with Crippen LogP contribution in [0.4, 0.5) is 0 Å². The molecular formula is C44H72N2O8. The first-order valence-corrected chi connectivity index (χ1v) is 22.9. The molecule has 0 radical (unpaired) electrons. The van der Waals surface area contributed by atoms with Crippen molar-refractivity contribution in [3.63, 3.8) is 0 Å². The summed E-state index contributed by atoms with van der Waals surface area (Å²) in [4.78, 5) is 30.3. The standard InChI is InChI=1S/C44H72N2O8/c1-27-7-9-35-29(3)37(47-39-43(35)33(27)11-19-41(5,49-39)51-53-43)17-25-45-21-13-31(14-22-45)32-15-23-46(24-16-32)26-18-38-30(4)36-10-8-28(2)34-12-20-42(6)50-40(48-38)44(34,36)54-52-42/h27-40H,7-26H2,1-6H3/t27-,28-,29-,30-,33+,34+,35+,36+,37-,38-,39-,40-,41-,42-,43-,44-/m1/s1. The Bertz CT molecular complexity index is 1260. The Labute approximate surface area is 325 Å². The maximum Gasteiger partial charge on any atom is 0.201 e. The van der Waals surface area contributed by atoms with E-state index in [4.69, 9.17) is 38.5 Å². The predicted octanol–water partition coefficient (Wildman–Crippen LogP) is 7.69. The highest BCUT2D eigenvalue weighted by atomic mass is 17.3. The van der Waals surface area contributed by atoms with Crippen molar-refractivity contribution < 1.29 is 38.5 Å². The maximum atomic E-state index is 6.92. The number of ether oxygens (including phenoxy) is 4. The Morgan fingerprint density at radius 3 is 1.30 bits per heavy atom. The van der Waals surface area contributed by atoms with Gasteiger partial charge >= 0.3 is 0 Å². The lowest BCUT2D eigenvalue weighted by atomic mass is 9.57. The second-order valence-electron chi connectivity index (χ2n) is 20.8. The van der Waals surface area contributed by atoms with Gasteiger partial charge in [0.1, 0.15) is 0 Å². The number of hydrogen-bond donors (Lipinski definition) is 0. The Morgan fingerprint density at radius 2 is 0.889 bits per heavy atom. The lowest BCUT2D eigenvalue weighted by Gasteiger charge is -2.60. The fraction of sp³-hybridized carbons (Fsp3) is 1.00. The zero-order chi connectivity index (χ0) is 37.0. The van der Waals surface area contributed by atoms with Crippen LogP contribution in [0.5, 0.6) is 0 Å². The summed E-state index contributed by atoms with van der Waals surface area (Å²) in [6.07, 6.45) is 16.1. The second kappa shape index (κ2) is 14.1. The molecule has 10 aliphatic heterocycles. The average molecular weight is 757 g/mol. The fourth-order valence-corrected chi connectivity index (χ4v) is 14.5. The van der Waals surface area contributed by atoms with E-state index in [1.165, 1.54) is 77.5 Å². The van der Waals surface area contributed by atoms with E-state index in [0.29, 0.717) is 47.3 Å². The Balaban J connectivity index is 0.685. The maximum absolute atomic E-state index is 6.92. The van der Waals surface area contributed by atoms with Gasteiger partial charge in [0.2, 0.25) is 11.6 Å². The number of rotatable bonds is 7. The molecule has 306 valence electrons. The van der Waals surface area contributed by atoms with E-state index < -0.39 is 22.8 Å². The summed E-state index contributed by atoms with van der Waals surface area (Å²) in [5.74, 6) is 4.17. The summed E-state index contributed by atoms with van der Waals surface area (Å²) in [5, 5.41) is 0. The highest BCUT2D eigenvalue weighted by Crippen LogP contribution is 2.62. The first-order chi connectivity index (χ1) is 26.0. The lowest BCUT2D eigenvalue weighted by Crippen LogP contribution is -2.70. The smallest absolute Gasteiger partial charge is 0.201 e. The van der Waals surface area contributed by atoms with Crippen LogP contribution in [0.1, 0.15) is 131 Å². The minimum Gasteiger partial charge on any atom is -0.346 e. The van der Waals surface area contributed by atoms with E-state index in [-0.39, 0.29) is 24.8 Å². The SMILES string of the molecule is C[C@H]1[C@@H](CCN2CCC(C3CCN(CC[C@H]4O[C@@H]5O[C@@]6(C)CC[C@H]7[C@H](C)CC[C@@H]([C@H]4C)[C@@]57OO6)CC3)CC2)O[C@@H]2O[C@@]3(C)CC[C@H]4[C@H](C)CC[C@@H]1[C@@]24OO3. The highest BCUT2D eigenvalue weighted by molar-refractivity contribution is 5.11. The summed E-state index contributed by atoms with van der Waals surface area (Å²) in [5.41, 5.74) is -0.901. The molecule has 12 aliphatic rings. The lowest BCUT2D eigenvalue weighted by molar-refractivity contribution is -0.571. The fourth-order valence-electron chi connectivity index (χ4n) is 14.5. The molecule has 10 heteroatoms. The summed E-state index contributed by atoms with van der Waals surface area (Å²) < 4.78 is 27.1. The molecule has 0 aromatic carbocycles. The van der Waals surface area contributed by atoms with Crippen LogP contribution in [0.3, 0.4) is 0 Å². The molecule has 10 nitrogen and oxygen atoms in total. The minimum absolute atomic E-state index is 0.208. The summed E-state index contributed by atoms with van der Waals surface area (Å²) in [7, 11) is 0. The van der Waals surface area contributed by atoms with Gasteiger partial charge in [0, 0.05) is 37.8 Å². The van der Waals surface area contributed by atoms with Gasteiger partial charge in [-0.15, -0.1) is 0 Å². The molecular weight excluding hydrogens is 684 g/mol. The minimum atomic E-state index is -0.695. The zero-order valence-electron chi connectivity index (χ0n) is 34.4. The third-order valence-electron chi connectivity index (χ3n) is 18.0. The number of piperidine rings is 2. The van der Waals surface area contributed by atoms with Crippen LogP contribution >= 0.6 is 0 Å². The van der Waals surface area contributed by atoms with Gasteiger partial charge in [-0.3, -0.25) is 0 Å². The molecule has 12 rings (SSSR count). The van der Waals surface area contributed by atoms with E-state index in [1.807, 2.05) is 13.8 Å². The predicted molar refractivity (Wildman–Crippen MR) is 201 cm³/mol. The molecule has 2 saturated carbocycles. The van der Waals surface area contributed by atoms with Crippen LogP contribution in [0.25, 0.3) is 0 Å². The molecule has 0 N–H and O–H groups in total. The molecule has 12 fully saturated rings. The largest absolute Gasteiger partial charge is 0.346 e. The van der Waals surface area contributed by atoms with Gasteiger partial charge in [-0.1, -0.05) is 27.7 Å². The topological polar surface area (TPSA) is 80.3 Å². The number of fused-ring (bicyclic) bond motifs is 4. The first-order valence-electron chi connectivity index (χ1n) is 22.9. The van der Waals surface area contributed by atoms with Crippen LogP contribution in [0, 0.1) is 59.2 Å². The molecule has 16 atom stereocenters. The molecule has 0 amide bonds. The molecule has 54 heavy (non-hydrogen) atoms. The number of likely N-dealkylation sites (tertiary alicyclic amines) is 2. The monoisotopic (exact) mass is 757 g/mol. The van der Waals surface area contributed by atoms with E-state index >= 15 is 0 Å². The van der Waals surface area contributed by atoms with E-state index in [0.717, 1.165) is 63.5 Å². The molecule has 2 spiro atoms. The van der Waals surface area contributed by atoms with E-state index in [1.54, 1.807) is 0 Å². The molecule has 0 aromatic heterocycles. The summed E-state index contributed by atoms with van der Waals surface area (Å²) in [6, 6.07) is 0. The first kappa shape index (κ1) is 37.8. The van der Waals surface area contributed by atoms with Gasteiger partial charge in [-0.05, 0) is 164 Å². The zero-order valence-corrected chi connectivity index (χ0v) is 34.4. The van der Waals surface area contributed by atoms with Crippen molar-refractivity contribution in [3.8, 4) is 0 Å². The van der Waals surface area contributed by atoms with E-state index in [9.17, 15) is 0 Å². The Morgan fingerprint density at radius 1 is 0.481 bits per heavy atom. The van der Waals surface area contributed by atoms with Gasteiger partial charge in [-0.25, -0.2) is 19.6 Å². The molecule has 0 unspecified atom stereocenters. The molecule has 4 bridgehead atoms. The molecule has 0 aromatic rings. The Hall–Kier alpha value is -0.400. The molecule has 2 aliphatic carbocycles. The van der Waals surface area contributed by atoms with Crippen molar-refractivity contribution in [3.05, 3.63) is 0 Å². The van der Waals surface area contributed by atoms with Crippen molar-refractivity contribution in [1.82, 2.24) is 9.80 Å². The molecule has 10 saturated heterocycles. The number of nitrogens with zero attached hydrogens (tertiary/aromatic N) is 2. The van der Waals surface area contributed by atoms with Gasteiger partial charge in [0.05, 0.1) is 12.2 Å². The summed E-state index contributed by atoms with van der Waals surface area (Å²) >= 11 is 0. The van der Waals surface area contributed by atoms with Crippen molar-refractivity contribution in [2.45, 2.75) is 179 Å². The Kier molecular flexibility index (Phi) is 9.89. The van der Waals surface area contributed by atoms with Crippen LogP contribution in [0.2, 0.25) is 0 Å². The second-order valence-corrected chi connectivity index (χ2v) is 20.8. The number of hydrogen-bond acceptors (Lipinski definition) is 10. The highest BCUT2D eigenvalue weighted by Gasteiger charge is 2.70. The van der Waals surface area contributed by atoms with Crippen molar-refractivity contribution in [1.29, 1.82) is 0 Å². The quantitative estimate of drug-likeness (QED) is 0.241. The normalized spacial score (nSPS) is 54.1. The van der Waals surface area contributed by atoms with Gasteiger partial charge in [0.15, 0.2) is 23.8 Å². The van der Waals surface area contributed by atoms with Crippen molar-refractivity contribution >= 4 is 0 Å². The molecule has 10 heterocycles. The van der Waals surface area contributed by atoms with Crippen LogP contribution in [0.15, 0.2) is 0 Å². The van der Waals surface area contributed by atoms with Gasteiger partial charge < -0.3 is 28.7 Å². The van der Waals surface area contributed by atoms with E-state index in [2.05, 4.69) is 37.5 Å². The van der Waals surface area contributed by atoms with Crippen molar-refractivity contribution in [2.24, 2.45) is 59.2 Å². The van der Waals surface area contributed by atoms with Crippen molar-refractivity contribution in [2.75, 3.05) is 39.3 Å². The summed E-state index contributed by atoms with van der Waals surface area (Å²) in [6.45, 7) is 20.8. The van der Waals surface area contributed by atoms with Gasteiger partial charge in [0.25, 0.3) is 0 Å². The van der Waals surface area contributed by atoms with Crippen LogP contribution in [-0.2, 0) is 38.5 Å². The van der Waals surface area contributed by atoms with Crippen LogP contribution < -0.4 is 0 Å². The van der Waals surface area contributed by atoms with Gasteiger partial charge in [-0.2, -0.15) is 0 Å². The third-order valence-corrected chi connectivity index (χ3v) is 18.0. The van der Waals surface area contributed by atoms with Crippen LogP contribution in [-0.4, -0.2) is 96.6 Å². The average Bonchev–Trinajstić information content (AvgIpc) is 3.55.